The highest BCUT2D eigenvalue weighted by Crippen LogP contribution is 2.32. The number of carboxylic acid groups (broad SMARTS) is 1. The van der Waals surface area contributed by atoms with Gasteiger partial charge in [0.25, 0.3) is 5.91 Å². The van der Waals surface area contributed by atoms with E-state index in [0.717, 1.165) is 36.9 Å². The minimum absolute atomic E-state index is 0.0722. The molecular weight excluding hydrogens is 472 g/mol. The minimum atomic E-state index is -0.961. The Morgan fingerprint density at radius 2 is 1.81 bits per heavy atom. The van der Waals surface area contributed by atoms with Gasteiger partial charge in [0.2, 0.25) is 0 Å². The van der Waals surface area contributed by atoms with Crippen LogP contribution in [0.2, 0.25) is 0 Å². The Morgan fingerprint density at radius 1 is 1.11 bits per heavy atom. The number of nitrogens with one attached hydrogen (secondary N) is 4. The molecule has 1 amide bonds. The van der Waals surface area contributed by atoms with Gasteiger partial charge in [-0.1, -0.05) is 19.3 Å². The van der Waals surface area contributed by atoms with Crippen LogP contribution < -0.4 is 20.7 Å². The van der Waals surface area contributed by atoms with Gasteiger partial charge in [-0.3, -0.25) is 9.59 Å². The highest BCUT2D eigenvalue weighted by molar-refractivity contribution is 5.98. The van der Waals surface area contributed by atoms with Crippen molar-refractivity contribution in [3.63, 3.8) is 0 Å². The lowest BCUT2D eigenvalue weighted by Crippen LogP contribution is -2.35. The van der Waals surface area contributed by atoms with Gasteiger partial charge in [0, 0.05) is 59.2 Å². The van der Waals surface area contributed by atoms with Crippen molar-refractivity contribution in [2.75, 3.05) is 24.3 Å². The molecule has 1 fully saturated rings. The van der Waals surface area contributed by atoms with Crippen LogP contribution in [0.25, 0.3) is 0 Å². The average Bonchev–Trinajstić information content (AvgIpc) is 2.88. The molecule has 9 nitrogen and oxygen atoms in total. The molecule has 0 aromatic heterocycles. The maximum Gasteiger partial charge on any atom is 0.305 e. The van der Waals surface area contributed by atoms with E-state index in [0.29, 0.717) is 28.6 Å². The fourth-order valence-corrected chi connectivity index (χ4v) is 4.58. The number of rotatable bonds is 12. The Balaban J connectivity index is 1.81. The first-order chi connectivity index (χ1) is 17.8. The molecule has 1 saturated carbocycles. The SMILES string of the molecule is COc1cc(O)cc(N/C=C(\C(C)=N)C(Nc2ccc(C(=O)NCCC(=O)O)cc2)C2CCCCC2)c1. The summed E-state index contributed by atoms with van der Waals surface area (Å²) in [6.45, 7) is 1.83. The van der Waals surface area contributed by atoms with Crippen LogP contribution in [0.15, 0.2) is 54.2 Å². The molecule has 0 heterocycles. The van der Waals surface area contributed by atoms with Gasteiger partial charge in [-0.05, 0) is 49.9 Å². The lowest BCUT2D eigenvalue weighted by Gasteiger charge is -2.33. The number of benzene rings is 2. The third-order valence-electron chi connectivity index (χ3n) is 6.50. The highest BCUT2D eigenvalue weighted by atomic mass is 16.5. The van der Waals surface area contributed by atoms with Crippen molar-refractivity contribution in [3.8, 4) is 11.5 Å². The number of carboxylic acids is 1. The number of carbonyl (C=O) groups is 2. The predicted octanol–water partition coefficient (Wildman–Crippen LogP) is 5.00. The Hall–Kier alpha value is -4.01. The molecule has 1 unspecified atom stereocenters. The van der Waals surface area contributed by atoms with E-state index in [1.807, 2.05) is 18.3 Å². The molecule has 0 bridgehead atoms. The van der Waals surface area contributed by atoms with Crippen LogP contribution in [0.1, 0.15) is 55.8 Å². The summed E-state index contributed by atoms with van der Waals surface area (Å²) in [6.07, 6.45) is 7.26. The van der Waals surface area contributed by atoms with Crippen LogP contribution in [0.4, 0.5) is 11.4 Å². The summed E-state index contributed by atoms with van der Waals surface area (Å²) in [5.41, 5.74) is 3.16. The van der Waals surface area contributed by atoms with Crippen LogP contribution in [0, 0.1) is 11.3 Å². The van der Waals surface area contributed by atoms with Crippen LogP contribution >= 0.6 is 0 Å². The molecular formula is C28H36N4O5. The van der Waals surface area contributed by atoms with E-state index in [-0.39, 0.29) is 30.7 Å². The standard InChI is InChI=1S/C28H36N4O5/c1-18(29)25(17-31-22-14-23(33)16-24(15-22)37-2)27(19-6-4-3-5-7-19)32-21-10-8-20(9-11-21)28(36)30-13-12-26(34)35/h8-11,14-17,19,27,29,31-33H,3-7,12-13H2,1-2H3,(H,30,36)(H,34,35)/b25-17+,29-18?. The molecule has 0 aliphatic heterocycles. The van der Waals surface area contributed by atoms with Gasteiger partial charge in [-0.15, -0.1) is 0 Å². The molecule has 2 aromatic carbocycles. The van der Waals surface area contributed by atoms with E-state index in [1.54, 1.807) is 31.2 Å². The molecule has 0 spiro atoms. The van der Waals surface area contributed by atoms with Crippen molar-refractivity contribution < 1.29 is 24.5 Å². The summed E-state index contributed by atoms with van der Waals surface area (Å²) in [5.74, 6) is -0.342. The number of phenols is 1. The van der Waals surface area contributed by atoms with Crippen LogP contribution in [-0.4, -0.2) is 47.5 Å². The topological polar surface area (TPSA) is 144 Å². The Kier molecular flexibility index (Phi) is 9.94. The third kappa shape index (κ3) is 8.27. The molecule has 2 aromatic rings. The molecule has 198 valence electrons. The highest BCUT2D eigenvalue weighted by Gasteiger charge is 2.28. The smallest absolute Gasteiger partial charge is 0.305 e. The van der Waals surface area contributed by atoms with Gasteiger partial charge in [0.05, 0.1) is 19.6 Å². The number of ether oxygens (including phenoxy) is 1. The normalized spacial score (nSPS) is 14.9. The van der Waals surface area contributed by atoms with Gasteiger partial charge in [0.1, 0.15) is 11.5 Å². The molecule has 0 saturated heterocycles. The number of hydrogen-bond acceptors (Lipinski definition) is 7. The number of aliphatic carboxylic acids is 1. The molecule has 9 heteroatoms. The number of phenolic OH excluding ortho intramolecular Hbond substituents is 1. The lowest BCUT2D eigenvalue weighted by molar-refractivity contribution is -0.136. The first-order valence-electron chi connectivity index (χ1n) is 12.5. The van der Waals surface area contributed by atoms with Gasteiger partial charge >= 0.3 is 5.97 Å². The number of carbonyl (C=O) groups excluding carboxylic acids is 1. The number of anilines is 2. The second kappa shape index (κ2) is 13.3. The summed E-state index contributed by atoms with van der Waals surface area (Å²) in [6, 6.07) is 11.8. The van der Waals surface area contributed by atoms with Crippen molar-refractivity contribution in [1.82, 2.24) is 5.32 Å². The molecule has 1 atom stereocenters. The number of hydrogen-bond donors (Lipinski definition) is 6. The van der Waals surface area contributed by atoms with Crippen molar-refractivity contribution in [2.24, 2.45) is 5.92 Å². The summed E-state index contributed by atoms with van der Waals surface area (Å²) < 4.78 is 5.24. The van der Waals surface area contributed by atoms with Crippen LogP contribution in [0.5, 0.6) is 11.5 Å². The van der Waals surface area contributed by atoms with E-state index in [9.17, 15) is 14.7 Å². The summed E-state index contributed by atoms with van der Waals surface area (Å²) in [5, 5.41) is 36.7. The lowest BCUT2D eigenvalue weighted by atomic mass is 9.80. The first kappa shape index (κ1) is 27.6. The Morgan fingerprint density at radius 3 is 2.43 bits per heavy atom. The maximum atomic E-state index is 12.3. The predicted molar refractivity (Wildman–Crippen MR) is 145 cm³/mol. The fraction of sp³-hybridized carbons (Fsp3) is 0.393. The van der Waals surface area contributed by atoms with E-state index >= 15 is 0 Å². The van der Waals surface area contributed by atoms with Gasteiger partial charge in [-0.2, -0.15) is 0 Å². The summed E-state index contributed by atoms with van der Waals surface area (Å²) in [7, 11) is 1.54. The molecule has 1 aliphatic carbocycles. The Bertz CT molecular complexity index is 1120. The molecule has 37 heavy (non-hydrogen) atoms. The zero-order valence-corrected chi connectivity index (χ0v) is 21.3. The monoisotopic (exact) mass is 508 g/mol. The summed E-state index contributed by atoms with van der Waals surface area (Å²) >= 11 is 0. The quantitative estimate of drug-likeness (QED) is 0.221. The Labute approximate surface area is 217 Å². The minimum Gasteiger partial charge on any atom is -0.508 e. The molecule has 0 radical (unpaired) electrons. The zero-order valence-electron chi connectivity index (χ0n) is 21.3. The van der Waals surface area contributed by atoms with Gasteiger partial charge < -0.3 is 36.3 Å². The van der Waals surface area contributed by atoms with Crippen molar-refractivity contribution >= 4 is 29.0 Å². The maximum absolute atomic E-state index is 12.3. The van der Waals surface area contributed by atoms with E-state index in [2.05, 4.69) is 16.0 Å². The average molecular weight is 509 g/mol. The largest absolute Gasteiger partial charge is 0.508 e. The van der Waals surface area contributed by atoms with Crippen molar-refractivity contribution in [1.29, 1.82) is 5.41 Å². The van der Waals surface area contributed by atoms with E-state index in [1.165, 1.54) is 19.6 Å². The van der Waals surface area contributed by atoms with Gasteiger partial charge in [-0.25, -0.2) is 0 Å². The molecule has 3 rings (SSSR count). The third-order valence-corrected chi connectivity index (χ3v) is 6.50. The van der Waals surface area contributed by atoms with Crippen LogP contribution in [0.3, 0.4) is 0 Å². The second-order valence-corrected chi connectivity index (χ2v) is 9.29. The fourth-order valence-electron chi connectivity index (χ4n) is 4.58. The summed E-state index contributed by atoms with van der Waals surface area (Å²) in [4.78, 5) is 23.0. The number of methoxy groups -OCH3 is 1. The molecule has 1 aliphatic rings. The van der Waals surface area contributed by atoms with Crippen molar-refractivity contribution in [2.45, 2.75) is 51.5 Å². The van der Waals surface area contributed by atoms with E-state index < -0.39 is 5.97 Å². The van der Waals surface area contributed by atoms with Crippen molar-refractivity contribution in [3.05, 3.63) is 59.8 Å². The van der Waals surface area contributed by atoms with Crippen LogP contribution in [-0.2, 0) is 4.79 Å². The zero-order chi connectivity index (χ0) is 26.8. The molecule has 6 N–H and O–H groups in total. The number of amides is 1. The van der Waals surface area contributed by atoms with Gasteiger partial charge in [0.15, 0.2) is 0 Å². The van der Waals surface area contributed by atoms with E-state index in [4.69, 9.17) is 15.3 Å². The number of aromatic hydroxyl groups is 1. The second-order valence-electron chi connectivity index (χ2n) is 9.29. The first-order valence-corrected chi connectivity index (χ1v) is 12.5.